The number of hydrogen-bond donors (Lipinski definition) is 1. The van der Waals surface area contributed by atoms with Crippen LogP contribution in [0.4, 0.5) is 5.95 Å². The first-order valence-electron chi connectivity index (χ1n) is 6.81. The lowest BCUT2D eigenvalue weighted by Gasteiger charge is -2.11. The normalized spacial score (nSPS) is 11.2. The third kappa shape index (κ3) is 3.59. The maximum Gasteiger partial charge on any atom is 0.203 e. The monoisotopic (exact) mass is 261 g/mol. The average Bonchev–Trinajstić information content (AvgIpc) is 2.86. The Morgan fingerprint density at radius 2 is 2.16 bits per heavy atom. The lowest BCUT2D eigenvalue weighted by atomic mass is 10.2. The Balaban J connectivity index is 1.94. The van der Waals surface area contributed by atoms with Crippen LogP contribution in [0, 0.1) is 12.8 Å². The highest BCUT2D eigenvalue weighted by Gasteiger charge is 2.07. The van der Waals surface area contributed by atoms with Gasteiger partial charge in [0, 0.05) is 44.6 Å². The van der Waals surface area contributed by atoms with Crippen molar-refractivity contribution in [3.63, 3.8) is 0 Å². The zero-order valence-electron chi connectivity index (χ0n) is 12.2. The van der Waals surface area contributed by atoms with Crippen LogP contribution in [0.2, 0.25) is 0 Å². The summed E-state index contributed by atoms with van der Waals surface area (Å²) in [5.41, 5.74) is 2.29. The summed E-state index contributed by atoms with van der Waals surface area (Å²) in [7, 11) is 1.97. The second-order valence-electron chi connectivity index (χ2n) is 5.38. The Bertz CT molecular complexity index is 524. The second-order valence-corrected chi connectivity index (χ2v) is 5.38. The van der Waals surface area contributed by atoms with Gasteiger partial charge in [-0.1, -0.05) is 13.8 Å². The smallest absolute Gasteiger partial charge is 0.203 e. The molecule has 0 saturated heterocycles. The van der Waals surface area contributed by atoms with E-state index in [1.807, 2.05) is 30.9 Å². The molecule has 0 atom stereocenters. The van der Waals surface area contributed by atoms with Gasteiger partial charge in [0.15, 0.2) is 0 Å². The standard InChI is InChI=1S/C14H23N5/c1-11(2)9-19-10-12(3)17-14(19)15-7-5-13-6-8-16-18(13)4/h6,8,10-11H,5,7,9H2,1-4H3,(H,15,17). The van der Waals surface area contributed by atoms with E-state index in [9.17, 15) is 0 Å². The predicted molar refractivity (Wildman–Crippen MR) is 77.2 cm³/mol. The van der Waals surface area contributed by atoms with E-state index >= 15 is 0 Å². The Kier molecular flexibility index (Phi) is 4.24. The summed E-state index contributed by atoms with van der Waals surface area (Å²) in [4.78, 5) is 4.53. The van der Waals surface area contributed by atoms with E-state index in [2.05, 4.69) is 40.0 Å². The molecule has 1 N–H and O–H groups in total. The van der Waals surface area contributed by atoms with Gasteiger partial charge in [-0.15, -0.1) is 0 Å². The highest BCUT2D eigenvalue weighted by molar-refractivity contribution is 5.29. The first-order chi connectivity index (χ1) is 9.06. The third-order valence-corrected chi connectivity index (χ3v) is 3.05. The fourth-order valence-corrected chi connectivity index (χ4v) is 2.17. The maximum atomic E-state index is 4.53. The number of anilines is 1. The van der Waals surface area contributed by atoms with E-state index in [0.29, 0.717) is 5.92 Å². The molecule has 0 unspecified atom stereocenters. The van der Waals surface area contributed by atoms with Crippen molar-refractivity contribution in [1.29, 1.82) is 0 Å². The number of rotatable bonds is 6. The highest BCUT2D eigenvalue weighted by Crippen LogP contribution is 2.11. The zero-order valence-corrected chi connectivity index (χ0v) is 12.2. The average molecular weight is 261 g/mol. The molecule has 0 bridgehead atoms. The molecule has 0 saturated carbocycles. The molecule has 2 aromatic rings. The minimum absolute atomic E-state index is 0.617. The minimum Gasteiger partial charge on any atom is -0.355 e. The summed E-state index contributed by atoms with van der Waals surface area (Å²) < 4.78 is 4.11. The Morgan fingerprint density at radius 1 is 1.37 bits per heavy atom. The van der Waals surface area contributed by atoms with Crippen LogP contribution in [0.3, 0.4) is 0 Å². The second kappa shape index (κ2) is 5.91. The lowest BCUT2D eigenvalue weighted by molar-refractivity contribution is 0.526. The number of nitrogens with one attached hydrogen (secondary N) is 1. The van der Waals surface area contributed by atoms with Crippen LogP contribution >= 0.6 is 0 Å². The van der Waals surface area contributed by atoms with E-state index in [1.54, 1.807) is 0 Å². The van der Waals surface area contributed by atoms with Gasteiger partial charge in [-0.2, -0.15) is 5.10 Å². The van der Waals surface area contributed by atoms with Crippen LogP contribution in [0.25, 0.3) is 0 Å². The number of hydrogen-bond acceptors (Lipinski definition) is 3. The number of imidazole rings is 1. The van der Waals surface area contributed by atoms with Crippen molar-refractivity contribution < 1.29 is 0 Å². The summed E-state index contributed by atoms with van der Waals surface area (Å²) in [6.07, 6.45) is 4.88. The minimum atomic E-state index is 0.617. The van der Waals surface area contributed by atoms with Crippen LogP contribution in [0.5, 0.6) is 0 Å². The molecule has 0 radical (unpaired) electrons. The van der Waals surface area contributed by atoms with Gasteiger partial charge in [0.2, 0.25) is 5.95 Å². The Morgan fingerprint density at radius 3 is 2.79 bits per heavy atom. The van der Waals surface area contributed by atoms with Gasteiger partial charge in [-0.05, 0) is 18.9 Å². The van der Waals surface area contributed by atoms with Crippen molar-refractivity contribution in [1.82, 2.24) is 19.3 Å². The van der Waals surface area contributed by atoms with Crippen molar-refractivity contribution in [2.75, 3.05) is 11.9 Å². The van der Waals surface area contributed by atoms with Crippen LogP contribution in [0.1, 0.15) is 25.2 Å². The maximum absolute atomic E-state index is 4.53. The van der Waals surface area contributed by atoms with Crippen LogP contribution in [-0.4, -0.2) is 25.9 Å². The summed E-state index contributed by atoms with van der Waals surface area (Å²) in [5.74, 6) is 1.58. The molecule has 0 amide bonds. The predicted octanol–water partition coefficient (Wildman–Crippen LogP) is 2.24. The molecule has 2 aromatic heterocycles. The summed E-state index contributed by atoms with van der Waals surface area (Å²) in [6.45, 7) is 8.33. The summed E-state index contributed by atoms with van der Waals surface area (Å²) >= 11 is 0. The van der Waals surface area contributed by atoms with Gasteiger partial charge in [-0.3, -0.25) is 4.68 Å². The molecule has 0 spiro atoms. The summed E-state index contributed by atoms with van der Waals surface area (Å²) in [6, 6.07) is 2.05. The molecule has 0 aliphatic heterocycles. The largest absolute Gasteiger partial charge is 0.355 e. The molecule has 2 rings (SSSR count). The topological polar surface area (TPSA) is 47.7 Å². The van der Waals surface area contributed by atoms with E-state index < -0.39 is 0 Å². The van der Waals surface area contributed by atoms with Crippen molar-refractivity contribution in [2.24, 2.45) is 13.0 Å². The van der Waals surface area contributed by atoms with Crippen LogP contribution in [-0.2, 0) is 20.0 Å². The summed E-state index contributed by atoms with van der Waals surface area (Å²) in [5, 5.41) is 7.59. The fourth-order valence-electron chi connectivity index (χ4n) is 2.17. The molecule has 0 aliphatic carbocycles. The zero-order chi connectivity index (χ0) is 13.8. The number of aryl methyl sites for hydroxylation is 2. The Hall–Kier alpha value is -1.78. The van der Waals surface area contributed by atoms with E-state index in [-0.39, 0.29) is 0 Å². The molecule has 5 nitrogen and oxygen atoms in total. The molecule has 2 heterocycles. The third-order valence-electron chi connectivity index (χ3n) is 3.05. The van der Waals surface area contributed by atoms with E-state index in [1.165, 1.54) is 5.69 Å². The molecular weight excluding hydrogens is 238 g/mol. The fraction of sp³-hybridized carbons (Fsp3) is 0.571. The van der Waals surface area contributed by atoms with E-state index in [0.717, 1.165) is 31.2 Å². The molecule has 0 aromatic carbocycles. The molecule has 5 heteroatoms. The van der Waals surface area contributed by atoms with Gasteiger partial charge in [0.25, 0.3) is 0 Å². The lowest BCUT2D eigenvalue weighted by Crippen LogP contribution is -2.13. The van der Waals surface area contributed by atoms with Gasteiger partial charge < -0.3 is 9.88 Å². The number of aromatic nitrogens is 4. The van der Waals surface area contributed by atoms with Gasteiger partial charge >= 0.3 is 0 Å². The first kappa shape index (κ1) is 13.6. The highest BCUT2D eigenvalue weighted by atomic mass is 15.3. The van der Waals surface area contributed by atoms with Crippen LogP contribution in [0.15, 0.2) is 18.5 Å². The SMILES string of the molecule is Cc1cn(CC(C)C)c(NCCc2ccnn2C)n1. The van der Waals surface area contributed by atoms with Crippen molar-refractivity contribution >= 4 is 5.95 Å². The molecule has 0 aliphatic rings. The van der Waals surface area contributed by atoms with Crippen molar-refractivity contribution in [3.05, 3.63) is 29.8 Å². The van der Waals surface area contributed by atoms with Gasteiger partial charge in [0.05, 0.1) is 5.69 Å². The van der Waals surface area contributed by atoms with Crippen molar-refractivity contribution in [3.8, 4) is 0 Å². The molecular formula is C14H23N5. The van der Waals surface area contributed by atoms with Crippen molar-refractivity contribution in [2.45, 2.75) is 33.7 Å². The van der Waals surface area contributed by atoms with Crippen LogP contribution < -0.4 is 5.32 Å². The quantitative estimate of drug-likeness (QED) is 0.867. The van der Waals surface area contributed by atoms with Gasteiger partial charge in [0.1, 0.15) is 0 Å². The molecule has 0 fully saturated rings. The van der Waals surface area contributed by atoms with E-state index in [4.69, 9.17) is 0 Å². The Labute approximate surface area is 114 Å². The first-order valence-corrected chi connectivity index (χ1v) is 6.81. The van der Waals surface area contributed by atoms with Gasteiger partial charge in [-0.25, -0.2) is 4.98 Å². The molecule has 104 valence electrons. The molecule has 19 heavy (non-hydrogen) atoms. The number of nitrogens with zero attached hydrogens (tertiary/aromatic N) is 4.